The summed E-state index contributed by atoms with van der Waals surface area (Å²) in [5.74, 6) is 0.892. The molecular weight excluding hydrogens is 298 g/mol. The van der Waals surface area contributed by atoms with Crippen LogP contribution in [0.25, 0.3) is 11.0 Å². The lowest BCUT2D eigenvalue weighted by Gasteiger charge is -2.32. The van der Waals surface area contributed by atoms with Gasteiger partial charge in [0.25, 0.3) is 0 Å². The molecule has 1 aromatic carbocycles. The van der Waals surface area contributed by atoms with Crippen molar-refractivity contribution >= 4 is 17.0 Å². The van der Waals surface area contributed by atoms with Crippen LogP contribution in [0.2, 0.25) is 0 Å². The number of piperidine rings is 1. The molecule has 3 heterocycles. The molecule has 0 amide bonds. The predicted molar refractivity (Wildman–Crippen MR) is 97.1 cm³/mol. The first-order chi connectivity index (χ1) is 11.9. The van der Waals surface area contributed by atoms with Crippen LogP contribution in [-0.4, -0.2) is 45.5 Å². The van der Waals surface area contributed by atoms with Gasteiger partial charge in [0, 0.05) is 44.0 Å². The van der Waals surface area contributed by atoms with Crippen LogP contribution in [0.3, 0.4) is 0 Å². The molecule has 4 rings (SSSR count). The first-order valence-corrected chi connectivity index (χ1v) is 8.70. The molecule has 0 aliphatic carbocycles. The smallest absolute Gasteiger partial charge is 0.201 e. The van der Waals surface area contributed by atoms with E-state index in [1.54, 1.807) is 0 Å². The normalized spacial score (nSPS) is 16.5. The average molecular weight is 321 g/mol. The summed E-state index contributed by atoms with van der Waals surface area (Å²) < 4.78 is 0. The maximum atomic E-state index is 4.61. The van der Waals surface area contributed by atoms with Crippen molar-refractivity contribution in [3.05, 3.63) is 54.4 Å². The van der Waals surface area contributed by atoms with Crippen LogP contribution < -0.4 is 5.32 Å². The van der Waals surface area contributed by atoms with Crippen LogP contribution in [0, 0.1) is 0 Å². The van der Waals surface area contributed by atoms with E-state index in [1.807, 2.05) is 30.5 Å². The summed E-state index contributed by atoms with van der Waals surface area (Å²) >= 11 is 0. The predicted octanol–water partition coefficient (Wildman–Crippen LogP) is 3.08. The van der Waals surface area contributed by atoms with Crippen molar-refractivity contribution < 1.29 is 0 Å². The third-order valence-electron chi connectivity index (χ3n) is 4.73. The number of likely N-dealkylation sites (tertiary alicyclic amines) is 1. The van der Waals surface area contributed by atoms with Crippen LogP contribution in [0.4, 0.5) is 5.95 Å². The molecule has 5 heteroatoms. The Balaban J connectivity index is 1.27. The molecule has 0 unspecified atom stereocenters. The fourth-order valence-corrected chi connectivity index (χ4v) is 3.33. The Morgan fingerprint density at radius 1 is 1.08 bits per heavy atom. The summed E-state index contributed by atoms with van der Waals surface area (Å²) in [6, 6.07) is 14.8. The van der Waals surface area contributed by atoms with Gasteiger partial charge in [-0.3, -0.25) is 4.98 Å². The molecule has 124 valence electrons. The van der Waals surface area contributed by atoms with Gasteiger partial charge >= 0.3 is 0 Å². The van der Waals surface area contributed by atoms with Crippen LogP contribution in [0.5, 0.6) is 0 Å². The first-order valence-electron chi connectivity index (χ1n) is 8.70. The van der Waals surface area contributed by atoms with E-state index in [1.165, 1.54) is 5.69 Å². The Kier molecular flexibility index (Phi) is 4.42. The number of para-hydroxylation sites is 2. The van der Waals surface area contributed by atoms with Crippen molar-refractivity contribution in [1.82, 2.24) is 19.9 Å². The van der Waals surface area contributed by atoms with Crippen molar-refractivity contribution in [2.45, 2.75) is 25.3 Å². The van der Waals surface area contributed by atoms with E-state index >= 15 is 0 Å². The van der Waals surface area contributed by atoms with Gasteiger partial charge in [0.15, 0.2) is 0 Å². The van der Waals surface area contributed by atoms with Gasteiger partial charge in [0.05, 0.1) is 11.0 Å². The van der Waals surface area contributed by atoms with Gasteiger partial charge in [-0.15, -0.1) is 0 Å². The minimum Gasteiger partial charge on any atom is -0.353 e. The molecule has 2 aromatic heterocycles. The Labute approximate surface area is 142 Å². The SMILES string of the molecule is c1ccc(CCN2CCC(Nc3nc4ccccc4[nH]3)CC2)nc1. The lowest BCUT2D eigenvalue weighted by atomic mass is 10.0. The van der Waals surface area contributed by atoms with E-state index in [-0.39, 0.29) is 0 Å². The van der Waals surface area contributed by atoms with E-state index in [9.17, 15) is 0 Å². The highest BCUT2D eigenvalue weighted by Crippen LogP contribution is 2.18. The highest BCUT2D eigenvalue weighted by atomic mass is 15.2. The standard InChI is InChI=1S/C19H23N5/c1-2-7-18-17(6-1)22-19(23-18)21-16-9-13-24(14-10-16)12-8-15-5-3-4-11-20-15/h1-7,11,16H,8-10,12-14H2,(H2,21,22,23). The van der Waals surface area contributed by atoms with E-state index in [0.717, 1.165) is 55.9 Å². The molecular formula is C19H23N5. The minimum atomic E-state index is 0.497. The number of nitrogens with one attached hydrogen (secondary N) is 2. The minimum absolute atomic E-state index is 0.497. The third kappa shape index (κ3) is 3.57. The van der Waals surface area contributed by atoms with Gasteiger partial charge in [-0.1, -0.05) is 18.2 Å². The van der Waals surface area contributed by atoms with Gasteiger partial charge < -0.3 is 15.2 Å². The van der Waals surface area contributed by atoms with E-state index in [2.05, 4.69) is 43.4 Å². The molecule has 0 bridgehead atoms. The van der Waals surface area contributed by atoms with E-state index in [4.69, 9.17) is 0 Å². The Morgan fingerprint density at radius 2 is 1.92 bits per heavy atom. The number of fused-ring (bicyclic) bond motifs is 1. The quantitative estimate of drug-likeness (QED) is 0.758. The Bertz CT molecular complexity index is 742. The summed E-state index contributed by atoms with van der Waals surface area (Å²) in [4.78, 5) is 14.9. The second-order valence-electron chi connectivity index (χ2n) is 6.43. The Hall–Kier alpha value is -2.40. The van der Waals surface area contributed by atoms with Gasteiger partial charge in [-0.25, -0.2) is 4.98 Å². The summed E-state index contributed by atoms with van der Waals surface area (Å²) in [6.07, 6.45) is 5.21. The fourth-order valence-electron chi connectivity index (χ4n) is 3.33. The topological polar surface area (TPSA) is 56.8 Å². The van der Waals surface area contributed by atoms with Crippen LogP contribution in [-0.2, 0) is 6.42 Å². The van der Waals surface area contributed by atoms with Crippen LogP contribution in [0.15, 0.2) is 48.7 Å². The zero-order chi connectivity index (χ0) is 16.2. The molecule has 0 spiro atoms. The maximum absolute atomic E-state index is 4.61. The number of imidazole rings is 1. The Morgan fingerprint density at radius 3 is 2.71 bits per heavy atom. The average Bonchev–Trinajstić information content (AvgIpc) is 3.04. The molecule has 0 radical (unpaired) electrons. The van der Waals surface area contributed by atoms with Gasteiger partial charge in [-0.05, 0) is 37.1 Å². The maximum Gasteiger partial charge on any atom is 0.201 e. The molecule has 24 heavy (non-hydrogen) atoms. The number of anilines is 1. The zero-order valence-electron chi connectivity index (χ0n) is 13.8. The van der Waals surface area contributed by atoms with Crippen molar-refractivity contribution in [2.75, 3.05) is 25.0 Å². The van der Waals surface area contributed by atoms with Crippen molar-refractivity contribution in [3.63, 3.8) is 0 Å². The molecule has 2 N–H and O–H groups in total. The number of hydrogen-bond donors (Lipinski definition) is 2. The van der Waals surface area contributed by atoms with Crippen LogP contribution in [0.1, 0.15) is 18.5 Å². The summed E-state index contributed by atoms with van der Waals surface area (Å²) in [5, 5.41) is 3.56. The molecule has 5 nitrogen and oxygen atoms in total. The highest BCUT2D eigenvalue weighted by molar-refractivity contribution is 5.77. The number of aromatic nitrogens is 3. The van der Waals surface area contributed by atoms with Crippen molar-refractivity contribution in [2.24, 2.45) is 0 Å². The molecule has 1 aliphatic rings. The summed E-state index contributed by atoms with van der Waals surface area (Å²) in [6.45, 7) is 3.35. The molecule has 0 saturated carbocycles. The second kappa shape index (κ2) is 7.01. The monoisotopic (exact) mass is 321 g/mol. The summed E-state index contributed by atoms with van der Waals surface area (Å²) in [5.41, 5.74) is 3.29. The van der Waals surface area contributed by atoms with Gasteiger partial charge in [0.2, 0.25) is 5.95 Å². The third-order valence-corrected chi connectivity index (χ3v) is 4.73. The number of benzene rings is 1. The van der Waals surface area contributed by atoms with Gasteiger partial charge in [-0.2, -0.15) is 0 Å². The fraction of sp³-hybridized carbons (Fsp3) is 0.368. The molecule has 1 aliphatic heterocycles. The van der Waals surface area contributed by atoms with Crippen molar-refractivity contribution in [3.8, 4) is 0 Å². The molecule has 1 saturated heterocycles. The first kappa shape index (κ1) is 15.1. The number of nitrogens with zero attached hydrogens (tertiary/aromatic N) is 3. The lowest BCUT2D eigenvalue weighted by molar-refractivity contribution is 0.220. The number of rotatable bonds is 5. The highest BCUT2D eigenvalue weighted by Gasteiger charge is 2.19. The molecule has 3 aromatic rings. The number of hydrogen-bond acceptors (Lipinski definition) is 4. The molecule has 1 fully saturated rings. The van der Waals surface area contributed by atoms with Crippen LogP contribution >= 0.6 is 0 Å². The van der Waals surface area contributed by atoms with E-state index < -0.39 is 0 Å². The number of pyridine rings is 1. The number of aromatic amines is 1. The number of H-pyrrole nitrogens is 1. The summed E-state index contributed by atoms with van der Waals surface area (Å²) in [7, 11) is 0. The second-order valence-corrected chi connectivity index (χ2v) is 6.43. The zero-order valence-corrected chi connectivity index (χ0v) is 13.8. The van der Waals surface area contributed by atoms with Gasteiger partial charge in [0.1, 0.15) is 0 Å². The lowest BCUT2D eigenvalue weighted by Crippen LogP contribution is -2.40. The van der Waals surface area contributed by atoms with E-state index in [0.29, 0.717) is 6.04 Å². The van der Waals surface area contributed by atoms with Crippen molar-refractivity contribution in [1.29, 1.82) is 0 Å². The largest absolute Gasteiger partial charge is 0.353 e. The molecule has 0 atom stereocenters.